The molecule has 0 aliphatic rings. The summed E-state index contributed by atoms with van der Waals surface area (Å²) in [6.07, 6.45) is 0.448. The second-order valence-corrected chi connectivity index (χ2v) is 4.63. The van der Waals surface area contributed by atoms with Gasteiger partial charge in [0.05, 0.1) is 12.0 Å². The monoisotopic (exact) mass is 274 g/mol. The molecule has 0 aliphatic heterocycles. The van der Waals surface area contributed by atoms with Gasteiger partial charge in [0.1, 0.15) is 5.82 Å². The van der Waals surface area contributed by atoms with Crippen molar-refractivity contribution in [3.8, 4) is 0 Å². The van der Waals surface area contributed by atoms with Gasteiger partial charge in [-0.15, -0.1) is 0 Å². The molecule has 0 bridgehead atoms. The summed E-state index contributed by atoms with van der Waals surface area (Å²) in [5.74, 6) is -2.80. The van der Waals surface area contributed by atoms with Gasteiger partial charge in [-0.3, -0.25) is 4.79 Å². The quantitative estimate of drug-likeness (QED) is 0.836. The van der Waals surface area contributed by atoms with E-state index in [1.807, 2.05) is 6.92 Å². The number of unbranched alkanes of at least 4 members (excludes halogenated alkanes) is 1. The number of hydrogen-bond donors (Lipinski definition) is 2. The van der Waals surface area contributed by atoms with Crippen LogP contribution in [-0.2, 0) is 4.79 Å². The molecule has 1 aromatic carbocycles. The lowest BCUT2D eigenvalue weighted by Crippen LogP contribution is -2.22. The number of aliphatic hydroxyl groups is 1. The fourth-order valence-electron chi connectivity index (χ4n) is 1.80. The zero-order valence-electron chi connectivity index (χ0n) is 10.1. The van der Waals surface area contributed by atoms with Crippen LogP contribution in [0.5, 0.6) is 0 Å². The smallest absolute Gasteiger partial charge is 0.309 e. The number of aliphatic hydroxyl groups excluding tert-OH is 1. The SMILES string of the molecule is CCCCC(C(=O)O)C(O)c1ccc(Cl)cc1F. The summed E-state index contributed by atoms with van der Waals surface area (Å²) >= 11 is 5.61. The molecule has 5 heteroatoms. The van der Waals surface area contributed by atoms with Crippen LogP contribution in [0.25, 0.3) is 0 Å². The molecular formula is C13H16ClFO3. The average Bonchev–Trinajstić information content (AvgIpc) is 2.28. The van der Waals surface area contributed by atoms with Crippen LogP contribution in [0.1, 0.15) is 37.9 Å². The first-order valence-electron chi connectivity index (χ1n) is 5.83. The molecule has 2 N–H and O–H groups in total. The number of halogens is 2. The minimum Gasteiger partial charge on any atom is -0.481 e. The Morgan fingerprint density at radius 3 is 2.67 bits per heavy atom. The standard InChI is InChI=1S/C13H16ClFO3/c1-2-3-4-10(13(17)18)12(16)9-6-5-8(14)7-11(9)15/h5-7,10,12,16H,2-4H2,1H3,(H,17,18). The van der Waals surface area contributed by atoms with Crippen LogP contribution in [0.3, 0.4) is 0 Å². The number of rotatable bonds is 6. The van der Waals surface area contributed by atoms with E-state index in [2.05, 4.69) is 0 Å². The number of carboxylic acid groups (broad SMARTS) is 1. The van der Waals surface area contributed by atoms with E-state index in [1.54, 1.807) is 0 Å². The molecule has 3 nitrogen and oxygen atoms in total. The van der Waals surface area contributed by atoms with Crippen molar-refractivity contribution in [3.05, 3.63) is 34.6 Å². The largest absolute Gasteiger partial charge is 0.481 e. The van der Waals surface area contributed by atoms with Crippen molar-refractivity contribution in [3.63, 3.8) is 0 Å². The Kier molecular flexibility index (Phi) is 5.56. The third-order valence-corrected chi connectivity index (χ3v) is 3.08. The van der Waals surface area contributed by atoms with Crippen LogP contribution < -0.4 is 0 Å². The van der Waals surface area contributed by atoms with Crippen LogP contribution in [0, 0.1) is 11.7 Å². The molecule has 0 amide bonds. The lowest BCUT2D eigenvalue weighted by atomic mass is 9.91. The average molecular weight is 275 g/mol. The molecule has 1 aromatic rings. The molecule has 0 radical (unpaired) electrons. The van der Waals surface area contributed by atoms with Gasteiger partial charge in [0.15, 0.2) is 0 Å². The summed E-state index contributed by atoms with van der Waals surface area (Å²) in [5.41, 5.74) is -0.0251. The van der Waals surface area contributed by atoms with Crippen LogP contribution >= 0.6 is 11.6 Å². The van der Waals surface area contributed by atoms with E-state index in [0.29, 0.717) is 12.8 Å². The highest BCUT2D eigenvalue weighted by Gasteiger charge is 2.29. The van der Waals surface area contributed by atoms with E-state index in [4.69, 9.17) is 16.7 Å². The summed E-state index contributed by atoms with van der Waals surface area (Å²) in [7, 11) is 0. The topological polar surface area (TPSA) is 57.5 Å². The Morgan fingerprint density at radius 1 is 1.50 bits per heavy atom. The van der Waals surface area contributed by atoms with E-state index in [0.717, 1.165) is 12.5 Å². The Hall–Kier alpha value is -1.13. The van der Waals surface area contributed by atoms with Gasteiger partial charge in [-0.05, 0) is 18.6 Å². The third kappa shape index (κ3) is 3.68. The Labute approximate surface area is 110 Å². The molecular weight excluding hydrogens is 259 g/mol. The predicted molar refractivity (Wildman–Crippen MR) is 67.0 cm³/mol. The highest BCUT2D eigenvalue weighted by atomic mass is 35.5. The van der Waals surface area contributed by atoms with E-state index >= 15 is 0 Å². The lowest BCUT2D eigenvalue weighted by molar-refractivity contribution is -0.146. The number of carboxylic acids is 1. The molecule has 100 valence electrons. The Balaban J connectivity index is 2.94. The van der Waals surface area contributed by atoms with Crippen molar-refractivity contribution in [2.75, 3.05) is 0 Å². The fraction of sp³-hybridized carbons (Fsp3) is 0.462. The highest BCUT2D eigenvalue weighted by molar-refractivity contribution is 6.30. The molecule has 0 aromatic heterocycles. The Bertz CT molecular complexity index is 423. The number of aliphatic carboxylic acids is 1. The summed E-state index contributed by atoms with van der Waals surface area (Å²) in [6.45, 7) is 1.92. The summed E-state index contributed by atoms with van der Waals surface area (Å²) in [6, 6.07) is 3.82. The van der Waals surface area contributed by atoms with E-state index in [1.165, 1.54) is 12.1 Å². The van der Waals surface area contributed by atoms with Crippen LogP contribution in [0.4, 0.5) is 4.39 Å². The maximum Gasteiger partial charge on any atom is 0.309 e. The van der Waals surface area contributed by atoms with Gasteiger partial charge in [0, 0.05) is 10.6 Å². The molecule has 0 heterocycles. The predicted octanol–water partition coefficient (Wildman–Crippen LogP) is 3.40. The van der Waals surface area contributed by atoms with Gasteiger partial charge in [0.2, 0.25) is 0 Å². The summed E-state index contributed by atoms with van der Waals surface area (Å²) in [5, 5.41) is 19.3. The third-order valence-electron chi connectivity index (χ3n) is 2.85. The van der Waals surface area contributed by atoms with Crippen molar-refractivity contribution >= 4 is 17.6 Å². The molecule has 18 heavy (non-hydrogen) atoms. The normalized spacial score (nSPS) is 14.2. The van der Waals surface area contributed by atoms with E-state index in [-0.39, 0.29) is 10.6 Å². The van der Waals surface area contributed by atoms with Crippen molar-refractivity contribution in [1.29, 1.82) is 0 Å². The summed E-state index contributed by atoms with van der Waals surface area (Å²) < 4.78 is 13.6. The van der Waals surface area contributed by atoms with Crippen LogP contribution in [0.2, 0.25) is 5.02 Å². The maximum atomic E-state index is 13.6. The minimum absolute atomic E-state index is 0.0251. The highest BCUT2D eigenvalue weighted by Crippen LogP contribution is 2.29. The van der Waals surface area contributed by atoms with Gasteiger partial charge < -0.3 is 10.2 Å². The molecule has 0 fully saturated rings. The lowest BCUT2D eigenvalue weighted by Gasteiger charge is -2.19. The fourth-order valence-corrected chi connectivity index (χ4v) is 1.96. The number of carbonyl (C=O) groups is 1. The molecule has 0 aliphatic carbocycles. The maximum absolute atomic E-state index is 13.6. The second-order valence-electron chi connectivity index (χ2n) is 4.20. The molecule has 0 saturated carbocycles. The summed E-state index contributed by atoms with van der Waals surface area (Å²) in [4.78, 5) is 11.1. The van der Waals surface area contributed by atoms with Gasteiger partial charge in [-0.1, -0.05) is 37.4 Å². The molecule has 0 saturated heterocycles. The zero-order valence-corrected chi connectivity index (χ0v) is 10.8. The minimum atomic E-state index is -1.36. The second kappa shape index (κ2) is 6.71. The van der Waals surface area contributed by atoms with Crippen molar-refractivity contribution in [2.45, 2.75) is 32.3 Å². The van der Waals surface area contributed by atoms with Gasteiger partial charge in [-0.25, -0.2) is 4.39 Å². The van der Waals surface area contributed by atoms with Crippen LogP contribution in [-0.4, -0.2) is 16.2 Å². The van der Waals surface area contributed by atoms with Crippen molar-refractivity contribution < 1.29 is 19.4 Å². The van der Waals surface area contributed by atoms with Gasteiger partial charge in [-0.2, -0.15) is 0 Å². The van der Waals surface area contributed by atoms with Gasteiger partial charge in [0.25, 0.3) is 0 Å². The van der Waals surface area contributed by atoms with E-state index < -0.39 is 23.8 Å². The number of hydrogen-bond acceptors (Lipinski definition) is 2. The molecule has 2 unspecified atom stereocenters. The first-order valence-corrected chi connectivity index (χ1v) is 6.21. The van der Waals surface area contributed by atoms with Crippen molar-refractivity contribution in [1.82, 2.24) is 0 Å². The number of benzene rings is 1. The van der Waals surface area contributed by atoms with E-state index in [9.17, 15) is 14.3 Å². The van der Waals surface area contributed by atoms with Gasteiger partial charge >= 0.3 is 5.97 Å². The Morgan fingerprint density at radius 2 is 2.17 bits per heavy atom. The van der Waals surface area contributed by atoms with Crippen LogP contribution in [0.15, 0.2) is 18.2 Å². The molecule has 0 spiro atoms. The molecule has 2 atom stereocenters. The first-order chi connectivity index (χ1) is 8.47. The zero-order chi connectivity index (χ0) is 13.7. The van der Waals surface area contributed by atoms with Crippen molar-refractivity contribution in [2.24, 2.45) is 5.92 Å². The molecule has 1 rings (SSSR count). The first kappa shape index (κ1) is 14.9.